The van der Waals surface area contributed by atoms with Crippen molar-refractivity contribution in [3.63, 3.8) is 0 Å². The van der Waals surface area contributed by atoms with E-state index in [0.717, 1.165) is 12.1 Å². The summed E-state index contributed by atoms with van der Waals surface area (Å²) >= 11 is 0. The number of carbonyl (C=O) groups is 2. The average Bonchev–Trinajstić information content (AvgIpc) is 2.58. The van der Waals surface area contributed by atoms with Crippen molar-refractivity contribution in [3.8, 4) is 0 Å². The maximum atomic E-state index is 12.2. The molecule has 2 heterocycles. The molecule has 0 radical (unpaired) electrons. The first-order valence-corrected chi connectivity index (χ1v) is 8.14. The molecule has 2 rings (SSSR count). The predicted molar refractivity (Wildman–Crippen MR) is 90.1 cm³/mol. The molecule has 1 aliphatic rings. The van der Waals surface area contributed by atoms with Crippen molar-refractivity contribution < 1.29 is 14.3 Å². The Labute approximate surface area is 142 Å². The van der Waals surface area contributed by atoms with Crippen LogP contribution in [0.15, 0.2) is 6.07 Å². The highest BCUT2D eigenvalue weighted by Gasteiger charge is 2.21. The summed E-state index contributed by atoms with van der Waals surface area (Å²) < 4.78 is 4.96. The number of anilines is 1. The summed E-state index contributed by atoms with van der Waals surface area (Å²) in [6, 6.07) is 1.68. The Kier molecular flexibility index (Phi) is 6.48. The molecule has 1 saturated heterocycles. The lowest BCUT2D eigenvalue weighted by Crippen LogP contribution is -2.48. The third kappa shape index (κ3) is 4.89. The average molecular weight is 335 g/mol. The molecular formula is C16H25N5O3. The van der Waals surface area contributed by atoms with Gasteiger partial charge in [0.15, 0.2) is 0 Å². The molecule has 1 N–H and O–H groups in total. The maximum Gasteiger partial charge on any atom is 0.270 e. The molecule has 0 spiro atoms. The Hall–Kier alpha value is -2.22. The number of methoxy groups -OCH3 is 1. The van der Waals surface area contributed by atoms with E-state index in [1.54, 1.807) is 25.0 Å². The van der Waals surface area contributed by atoms with Gasteiger partial charge in [-0.25, -0.2) is 9.97 Å². The second-order valence-electron chi connectivity index (χ2n) is 5.79. The van der Waals surface area contributed by atoms with Gasteiger partial charge in [-0.05, 0) is 19.4 Å². The SMILES string of the molecule is COCCCNC(=O)c1cc(C)nc(N2CCN(C(C)=O)CC2)n1. The van der Waals surface area contributed by atoms with Crippen LogP contribution in [-0.2, 0) is 9.53 Å². The predicted octanol–water partition coefficient (Wildman–Crippen LogP) is 0.220. The molecule has 1 aromatic heterocycles. The van der Waals surface area contributed by atoms with Crippen LogP contribution < -0.4 is 10.2 Å². The number of carbonyl (C=O) groups excluding carboxylic acids is 2. The minimum atomic E-state index is -0.208. The first-order valence-electron chi connectivity index (χ1n) is 8.14. The van der Waals surface area contributed by atoms with Gasteiger partial charge in [0.25, 0.3) is 5.91 Å². The molecule has 8 nitrogen and oxygen atoms in total. The van der Waals surface area contributed by atoms with Gasteiger partial charge in [-0.2, -0.15) is 0 Å². The van der Waals surface area contributed by atoms with Gasteiger partial charge in [-0.15, -0.1) is 0 Å². The van der Waals surface area contributed by atoms with Crippen molar-refractivity contribution >= 4 is 17.8 Å². The Balaban J connectivity index is 2.00. The fourth-order valence-electron chi connectivity index (χ4n) is 2.54. The lowest BCUT2D eigenvalue weighted by molar-refractivity contribution is -0.129. The van der Waals surface area contributed by atoms with Crippen LogP contribution in [0.5, 0.6) is 0 Å². The van der Waals surface area contributed by atoms with Crippen LogP contribution in [0.2, 0.25) is 0 Å². The summed E-state index contributed by atoms with van der Waals surface area (Å²) in [6.07, 6.45) is 0.756. The van der Waals surface area contributed by atoms with Gasteiger partial charge in [0.1, 0.15) is 5.69 Å². The molecule has 0 saturated carbocycles. The van der Waals surface area contributed by atoms with E-state index in [9.17, 15) is 9.59 Å². The zero-order chi connectivity index (χ0) is 17.5. The van der Waals surface area contributed by atoms with Gasteiger partial charge >= 0.3 is 0 Å². The van der Waals surface area contributed by atoms with Crippen LogP contribution in [0.4, 0.5) is 5.95 Å². The molecule has 0 aliphatic carbocycles. The van der Waals surface area contributed by atoms with E-state index in [2.05, 4.69) is 15.3 Å². The molecular weight excluding hydrogens is 310 g/mol. The molecule has 0 unspecified atom stereocenters. The number of hydrogen-bond donors (Lipinski definition) is 1. The van der Waals surface area contributed by atoms with Crippen molar-refractivity contribution in [2.24, 2.45) is 0 Å². The van der Waals surface area contributed by atoms with Crippen LogP contribution in [0.1, 0.15) is 29.5 Å². The highest BCUT2D eigenvalue weighted by Crippen LogP contribution is 2.13. The summed E-state index contributed by atoms with van der Waals surface area (Å²) in [6.45, 7) is 7.19. The van der Waals surface area contributed by atoms with Gasteiger partial charge in [0, 0.05) is 59.1 Å². The fraction of sp³-hybridized carbons (Fsp3) is 0.625. The third-order valence-corrected chi connectivity index (χ3v) is 3.89. The molecule has 132 valence electrons. The van der Waals surface area contributed by atoms with Crippen LogP contribution in [0.3, 0.4) is 0 Å². The Bertz CT molecular complexity index is 585. The molecule has 24 heavy (non-hydrogen) atoms. The highest BCUT2D eigenvalue weighted by molar-refractivity contribution is 5.92. The van der Waals surface area contributed by atoms with E-state index in [1.165, 1.54) is 0 Å². The number of nitrogens with one attached hydrogen (secondary N) is 1. The van der Waals surface area contributed by atoms with Crippen molar-refractivity contribution in [2.75, 3.05) is 51.3 Å². The number of piperazine rings is 1. The van der Waals surface area contributed by atoms with Crippen LogP contribution >= 0.6 is 0 Å². The number of rotatable bonds is 6. The number of ether oxygens (including phenoxy) is 1. The van der Waals surface area contributed by atoms with Gasteiger partial charge in [0.2, 0.25) is 11.9 Å². The molecule has 1 aliphatic heterocycles. The first kappa shape index (κ1) is 18.1. The zero-order valence-electron chi connectivity index (χ0n) is 14.5. The minimum absolute atomic E-state index is 0.0796. The molecule has 0 atom stereocenters. The Morgan fingerprint density at radius 3 is 2.58 bits per heavy atom. The summed E-state index contributed by atoms with van der Waals surface area (Å²) in [4.78, 5) is 36.3. The van der Waals surface area contributed by atoms with Gasteiger partial charge in [-0.3, -0.25) is 9.59 Å². The monoisotopic (exact) mass is 335 g/mol. The summed E-state index contributed by atoms with van der Waals surface area (Å²) in [7, 11) is 1.63. The molecule has 8 heteroatoms. The van der Waals surface area contributed by atoms with E-state index >= 15 is 0 Å². The number of aromatic nitrogens is 2. The standard InChI is InChI=1S/C16H25N5O3/c1-12-11-14(15(23)17-5-4-10-24-3)19-16(18-12)21-8-6-20(7-9-21)13(2)22/h11H,4-10H2,1-3H3,(H,17,23). The molecule has 0 aromatic carbocycles. The van der Waals surface area contributed by atoms with E-state index in [1.807, 2.05) is 11.8 Å². The maximum absolute atomic E-state index is 12.2. The number of aryl methyl sites for hydroxylation is 1. The van der Waals surface area contributed by atoms with Crippen LogP contribution in [0.25, 0.3) is 0 Å². The molecule has 0 bridgehead atoms. The zero-order valence-corrected chi connectivity index (χ0v) is 14.5. The topological polar surface area (TPSA) is 87.7 Å². The van der Waals surface area contributed by atoms with Gasteiger partial charge < -0.3 is 19.9 Å². The highest BCUT2D eigenvalue weighted by atomic mass is 16.5. The first-order chi connectivity index (χ1) is 11.5. The van der Waals surface area contributed by atoms with E-state index in [0.29, 0.717) is 51.0 Å². The Morgan fingerprint density at radius 2 is 1.96 bits per heavy atom. The third-order valence-electron chi connectivity index (χ3n) is 3.89. The lowest BCUT2D eigenvalue weighted by Gasteiger charge is -2.34. The van der Waals surface area contributed by atoms with E-state index in [4.69, 9.17) is 4.74 Å². The van der Waals surface area contributed by atoms with Crippen molar-refractivity contribution in [1.29, 1.82) is 0 Å². The summed E-state index contributed by atoms with van der Waals surface area (Å²) in [5, 5.41) is 2.83. The fourth-order valence-corrected chi connectivity index (χ4v) is 2.54. The lowest BCUT2D eigenvalue weighted by atomic mass is 10.3. The molecule has 1 fully saturated rings. The quantitative estimate of drug-likeness (QED) is 0.748. The molecule has 2 amide bonds. The van der Waals surface area contributed by atoms with Crippen molar-refractivity contribution in [3.05, 3.63) is 17.5 Å². The number of nitrogens with zero attached hydrogens (tertiary/aromatic N) is 4. The second-order valence-corrected chi connectivity index (χ2v) is 5.79. The van der Waals surface area contributed by atoms with Crippen LogP contribution in [-0.4, -0.2) is 73.1 Å². The Morgan fingerprint density at radius 1 is 1.25 bits per heavy atom. The van der Waals surface area contributed by atoms with Crippen LogP contribution in [0, 0.1) is 6.92 Å². The summed E-state index contributed by atoms with van der Waals surface area (Å²) in [5.74, 6) is 0.413. The summed E-state index contributed by atoms with van der Waals surface area (Å²) in [5.41, 5.74) is 1.11. The minimum Gasteiger partial charge on any atom is -0.385 e. The van der Waals surface area contributed by atoms with Gasteiger partial charge in [0.05, 0.1) is 0 Å². The number of hydrogen-bond acceptors (Lipinski definition) is 6. The smallest absolute Gasteiger partial charge is 0.270 e. The number of amides is 2. The van der Waals surface area contributed by atoms with E-state index in [-0.39, 0.29) is 11.8 Å². The molecule has 1 aromatic rings. The van der Waals surface area contributed by atoms with Gasteiger partial charge in [-0.1, -0.05) is 0 Å². The van der Waals surface area contributed by atoms with Crippen molar-refractivity contribution in [2.45, 2.75) is 20.3 Å². The van der Waals surface area contributed by atoms with Crippen molar-refractivity contribution in [1.82, 2.24) is 20.2 Å². The largest absolute Gasteiger partial charge is 0.385 e. The van der Waals surface area contributed by atoms with E-state index < -0.39 is 0 Å². The normalized spacial score (nSPS) is 14.6. The second kappa shape index (κ2) is 8.58.